The number of hydrogen-bond donors (Lipinski definition) is 3. The number of aromatic nitrogens is 1. The number of halogens is 3. The molecule has 3 aromatic rings. The van der Waals surface area contributed by atoms with E-state index in [0.29, 0.717) is 65.2 Å². The van der Waals surface area contributed by atoms with E-state index in [-0.39, 0.29) is 16.9 Å². The largest absolute Gasteiger partial charge is 0.497 e. The molecule has 4 atom stereocenters. The van der Waals surface area contributed by atoms with E-state index in [2.05, 4.69) is 10.3 Å². The molecule has 4 rings (SSSR count). The summed E-state index contributed by atoms with van der Waals surface area (Å²) in [5.74, 6) is -1.67. The van der Waals surface area contributed by atoms with Gasteiger partial charge in [-0.1, -0.05) is 11.6 Å². The minimum absolute atomic E-state index is 0.157. The number of piperidine rings is 1. The highest BCUT2D eigenvalue weighted by molar-refractivity contribution is 7.99. The van der Waals surface area contributed by atoms with Crippen molar-refractivity contribution in [3.63, 3.8) is 0 Å². The zero-order valence-corrected chi connectivity index (χ0v) is 21.9. The molecule has 10 heteroatoms. The number of pyridine rings is 1. The van der Waals surface area contributed by atoms with Crippen LogP contribution >= 0.6 is 23.4 Å². The first kappa shape index (κ1) is 27.6. The van der Waals surface area contributed by atoms with Crippen molar-refractivity contribution < 1.29 is 28.5 Å². The van der Waals surface area contributed by atoms with Crippen molar-refractivity contribution in [3.05, 3.63) is 64.8 Å². The lowest BCUT2D eigenvalue weighted by Crippen LogP contribution is -2.49. The van der Waals surface area contributed by atoms with Gasteiger partial charge < -0.3 is 20.3 Å². The van der Waals surface area contributed by atoms with Crippen LogP contribution in [0.5, 0.6) is 5.75 Å². The van der Waals surface area contributed by atoms with Gasteiger partial charge in [-0.2, -0.15) is 0 Å². The number of carboxylic acids is 1. The Morgan fingerprint density at radius 1 is 1.27 bits per heavy atom. The summed E-state index contributed by atoms with van der Waals surface area (Å²) < 4.78 is 32.7. The summed E-state index contributed by atoms with van der Waals surface area (Å²) in [7, 11) is 1.56. The molecule has 2 aromatic carbocycles. The Labute approximate surface area is 223 Å². The van der Waals surface area contributed by atoms with Crippen LogP contribution in [0.2, 0.25) is 5.02 Å². The maximum Gasteiger partial charge on any atom is 0.308 e. The molecule has 0 saturated carbocycles. The topological polar surface area (TPSA) is 91.7 Å². The van der Waals surface area contributed by atoms with E-state index in [1.54, 1.807) is 25.3 Å². The summed E-state index contributed by atoms with van der Waals surface area (Å²) in [5.41, 5.74) is 1.23. The van der Waals surface area contributed by atoms with Crippen molar-refractivity contribution in [1.29, 1.82) is 0 Å². The molecule has 1 aliphatic rings. The molecule has 0 radical (unpaired) electrons. The molecule has 2 unspecified atom stereocenters. The number of hydrogen-bond acceptors (Lipinski definition) is 6. The first-order chi connectivity index (χ1) is 17.8. The van der Waals surface area contributed by atoms with Gasteiger partial charge in [0.05, 0.1) is 29.7 Å². The van der Waals surface area contributed by atoms with Crippen LogP contribution in [0.3, 0.4) is 0 Å². The zero-order chi connectivity index (χ0) is 26.5. The van der Waals surface area contributed by atoms with Crippen LogP contribution < -0.4 is 10.1 Å². The Morgan fingerprint density at radius 3 is 2.84 bits per heavy atom. The van der Waals surface area contributed by atoms with Crippen molar-refractivity contribution in [3.8, 4) is 5.75 Å². The van der Waals surface area contributed by atoms with Gasteiger partial charge in [0.1, 0.15) is 17.4 Å². The number of rotatable bonds is 10. The summed E-state index contributed by atoms with van der Waals surface area (Å²) in [6.45, 7) is 0.643. The fourth-order valence-electron chi connectivity index (χ4n) is 5.10. The van der Waals surface area contributed by atoms with Crippen LogP contribution in [0.15, 0.2) is 47.5 Å². The van der Waals surface area contributed by atoms with Gasteiger partial charge in [-0.15, -0.1) is 11.8 Å². The van der Waals surface area contributed by atoms with Gasteiger partial charge in [0.15, 0.2) is 0 Å². The smallest absolute Gasteiger partial charge is 0.308 e. The van der Waals surface area contributed by atoms with E-state index in [4.69, 9.17) is 16.3 Å². The first-order valence-corrected chi connectivity index (χ1v) is 13.5. The highest BCUT2D eigenvalue weighted by Crippen LogP contribution is 2.37. The fraction of sp³-hybridized carbons (Fsp3) is 0.407. The molecule has 198 valence electrons. The van der Waals surface area contributed by atoms with Gasteiger partial charge in [0.25, 0.3) is 0 Å². The van der Waals surface area contributed by atoms with Crippen molar-refractivity contribution >= 4 is 40.2 Å². The Balaban J connectivity index is 1.43. The van der Waals surface area contributed by atoms with E-state index < -0.39 is 29.6 Å². The highest BCUT2D eigenvalue weighted by atomic mass is 35.5. The van der Waals surface area contributed by atoms with Crippen molar-refractivity contribution in [2.75, 3.05) is 19.4 Å². The highest BCUT2D eigenvalue weighted by Gasteiger charge is 2.38. The number of ether oxygens (including phenoxy) is 1. The molecular weight excluding hydrogens is 522 g/mol. The predicted octanol–water partition coefficient (Wildman–Crippen LogP) is 5.85. The number of thioether (sulfide) groups is 1. The molecular formula is C27H29ClF2N2O4S. The van der Waals surface area contributed by atoms with E-state index in [1.807, 2.05) is 0 Å². The molecule has 3 N–H and O–H groups in total. The molecule has 0 amide bonds. The van der Waals surface area contributed by atoms with Gasteiger partial charge in [-0.25, -0.2) is 8.78 Å². The summed E-state index contributed by atoms with van der Waals surface area (Å²) in [6.07, 6.45) is 2.57. The van der Waals surface area contributed by atoms with Crippen LogP contribution in [-0.2, 0) is 4.79 Å². The maximum atomic E-state index is 13.9. The second-order valence-electron chi connectivity index (χ2n) is 9.18. The van der Waals surface area contributed by atoms with E-state index in [9.17, 15) is 23.8 Å². The van der Waals surface area contributed by atoms with Crippen LogP contribution in [0.4, 0.5) is 8.78 Å². The second kappa shape index (κ2) is 12.4. The summed E-state index contributed by atoms with van der Waals surface area (Å²) in [4.78, 5) is 16.8. The van der Waals surface area contributed by atoms with Crippen molar-refractivity contribution in [1.82, 2.24) is 10.3 Å². The fourth-order valence-corrected chi connectivity index (χ4v) is 6.37. The normalized spacial score (nSPS) is 20.6. The molecule has 37 heavy (non-hydrogen) atoms. The van der Waals surface area contributed by atoms with E-state index >= 15 is 0 Å². The summed E-state index contributed by atoms with van der Waals surface area (Å²) in [6, 6.07) is 8.36. The number of carbonyl (C=O) groups is 1. The number of aliphatic hydroxyl groups is 1. The lowest BCUT2D eigenvalue weighted by atomic mass is 9.76. The minimum Gasteiger partial charge on any atom is -0.497 e. The molecule has 1 aliphatic heterocycles. The second-order valence-corrected chi connectivity index (χ2v) is 10.7. The molecule has 0 spiro atoms. The Hall–Kier alpha value is -2.46. The number of benzene rings is 2. The van der Waals surface area contributed by atoms with Gasteiger partial charge in [-0.3, -0.25) is 9.78 Å². The molecule has 2 heterocycles. The first-order valence-electron chi connectivity index (χ1n) is 12.1. The van der Waals surface area contributed by atoms with Crippen LogP contribution in [-0.4, -0.2) is 46.6 Å². The van der Waals surface area contributed by atoms with Gasteiger partial charge >= 0.3 is 5.97 Å². The third kappa shape index (κ3) is 6.52. The molecule has 1 aromatic heterocycles. The Bertz CT molecular complexity index is 1260. The lowest BCUT2D eigenvalue weighted by Gasteiger charge is -2.37. The quantitative estimate of drug-likeness (QED) is 0.273. The molecule has 6 nitrogen and oxygen atoms in total. The lowest BCUT2D eigenvalue weighted by molar-refractivity contribution is -0.146. The third-order valence-corrected chi connectivity index (χ3v) is 8.31. The van der Waals surface area contributed by atoms with Crippen LogP contribution in [0.1, 0.15) is 37.4 Å². The molecule has 1 fully saturated rings. The zero-order valence-electron chi connectivity index (χ0n) is 20.3. The monoisotopic (exact) mass is 550 g/mol. The number of aliphatic carboxylic acids is 1. The summed E-state index contributed by atoms with van der Waals surface area (Å²) >= 11 is 7.60. The number of methoxy groups -OCH3 is 1. The number of fused-ring (bicyclic) bond motifs is 1. The standard InChI is InChI=1S/C27H29ClF2N2O4S/c1-36-17-4-6-21-18(13-17)26(19(28)14-32-21)23(33)7-2-15-8-10-31-22(25(15)27(34)35)9-11-37-24-12-16(29)3-5-20(24)30/h3-6,12-15,22-23,25,31,33H,2,7-11H2,1H3,(H,34,35)/t15?,22-,23+,25?/m0/s1. The third-order valence-electron chi connectivity index (χ3n) is 6.94. The van der Waals surface area contributed by atoms with Gasteiger partial charge in [0.2, 0.25) is 0 Å². The average Bonchev–Trinajstić information content (AvgIpc) is 2.88. The summed E-state index contributed by atoms with van der Waals surface area (Å²) in [5, 5.41) is 25.5. The van der Waals surface area contributed by atoms with Gasteiger partial charge in [0, 0.05) is 28.1 Å². The number of nitrogens with one attached hydrogen (secondary N) is 1. The van der Waals surface area contributed by atoms with Crippen LogP contribution in [0.25, 0.3) is 10.9 Å². The van der Waals surface area contributed by atoms with E-state index in [1.165, 1.54) is 18.0 Å². The number of nitrogens with zero attached hydrogens (tertiary/aromatic N) is 1. The van der Waals surface area contributed by atoms with Crippen molar-refractivity contribution in [2.45, 2.75) is 42.7 Å². The Morgan fingerprint density at radius 2 is 2.08 bits per heavy atom. The molecule has 0 bridgehead atoms. The maximum absolute atomic E-state index is 13.9. The molecule has 1 saturated heterocycles. The van der Waals surface area contributed by atoms with E-state index in [0.717, 1.165) is 18.2 Å². The SMILES string of the molecule is COc1ccc2ncc(Cl)c([C@H](O)CCC3CCN[C@@H](CCSc4cc(F)ccc4F)C3C(=O)O)c2c1. The van der Waals surface area contributed by atoms with Gasteiger partial charge in [-0.05, 0) is 80.3 Å². The predicted molar refractivity (Wildman–Crippen MR) is 140 cm³/mol. The minimum atomic E-state index is -0.907. The molecule has 0 aliphatic carbocycles. The Kier molecular flexibility index (Phi) is 9.23. The number of carboxylic acid groups (broad SMARTS) is 1. The van der Waals surface area contributed by atoms with Crippen molar-refractivity contribution in [2.24, 2.45) is 11.8 Å². The average molecular weight is 551 g/mol. The van der Waals surface area contributed by atoms with Crippen LogP contribution in [0, 0.1) is 23.5 Å². The number of aliphatic hydroxyl groups excluding tert-OH is 1.